The van der Waals surface area contributed by atoms with Crippen LogP contribution in [0.1, 0.15) is 34.1 Å². The second-order valence-corrected chi connectivity index (χ2v) is 4.96. The maximum Gasteiger partial charge on any atom is 0.317 e. The quantitative estimate of drug-likeness (QED) is 0.745. The summed E-state index contributed by atoms with van der Waals surface area (Å²) < 4.78 is 0. The van der Waals surface area contributed by atoms with Crippen LogP contribution in [0.2, 0.25) is 0 Å². The van der Waals surface area contributed by atoms with Crippen LogP contribution in [-0.4, -0.2) is 37.1 Å². The van der Waals surface area contributed by atoms with Crippen LogP contribution in [0, 0.1) is 5.41 Å². The van der Waals surface area contributed by atoms with Gasteiger partial charge in [0, 0.05) is 19.6 Å². The number of nitrogens with one attached hydrogen (secondary N) is 1. The van der Waals surface area contributed by atoms with E-state index in [9.17, 15) is 4.79 Å². The average Bonchev–Trinajstić information content (AvgIpc) is 2.14. The summed E-state index contributed by atoms with van der Waals surface area (Å²) in [7, 11) is 1.79. The van der Waals surface area contributed by atoms with Crippen LogP contribution in [0.5, 0.6) is 0 Å². The van der Waals surface area contributed by atoms with Crippen LogP contribution in [0.3, 0.4) is 0 Å². The number of hydrogen-bond acceptors (Lipinski definition) is 2. The Morgan fingerprint density at radius 3 is 2.33 bits per heavy atom. The molecular formula is C11H25N3O. The summed E-state index contributed by atoms with van der Waals surface area (Å²) in [4.78, 5) is 13.3. The Kier molecular flexibility index (Phi) is 5.65. The minimum absolute atomic E-state index is 0.0223. The molecule has 3 N–H and O–H groups in total. The predicted octanol–water partition coefficient (Wildman–Crippen LogP) is 1.41. The Balaban J connectivity index is 4.35. The number of carbonyl (C=O) groups excluding carboxylic acids is 1. The topological polar surface area (TPSA) is 58.4 Å². The molecule has 0 aromatic carbocycles. The zero-order valence-corrected chi connectivity index (χ0v) is 10.6. The van der Waals surface area contributed by atoms with Crippen molar-refractivity contribution in [2.45, 2.75) is 40.2 Å². The van der Waals surface area contributed by atoms with Crippen molar-refractivity contribution >= 4 is 6.03 Å². The van der Waals surface area contributed by atoms with Gasteiger partial charge >= 0.3 is 6.03 Å². The van der Waals surface area contributed by atoms with Crippen LogP contribution in [0.4, 0.5) is 4.79 Å². The number of urea groups is 1. The molecule has 0 fully saturated rings. The molecule has 2 amide bonds. The molecule has 15 heavy (non-hydrogen) atoms. The lowest BCUT2D eigenvalue weighted by molar-refractivity contribution is 0.188. The van der Waals surface area contributed by atoms with Crippen LogP contribution >= 0.6 is 0 Å². The standard InChI is InChI=1S/C11H25N3O/c1-6-14(5)10(15)13-9(7-8-12)11(2,3)4/h9H,6-8,12H2,1-5H3,(H,13,15). The second kappa shape index (κ2) is 5.95. The van der Waals surface area contributed by atoms with Gasteiger partial charge in [0.25, 0.3) is 0 Å². The van der Waals surface area contributed by atoms with Gasteiger partial charge in [0.2, 0.25) is 0 Å². The molecule has 0 rings (SSSR count). The molecule has 0 saturated heterocycles. The van der Waals surface area contributed by atoms with E-state index < -0.39 is 0 Å². The number of nitrogens with zero attached hydrogens (tertiary/aromatic N) is 1. The highest BCUT2D eigenvalue weighted by Gasteiger charge is 2.26. The van der Waals surface area contributed by atoms with Crippen molar-refractivity contribution in [3.05, 3.63) is 0 Å². The SMILES string of the molecule is CCN(C)C(=O)NC(CCN)C(C)(C)C. The zero-order chi connectivity index (χ0) is 12.1. The third kappa shape index (κ3) is 5.02. The van der Waals surface area contributed by atoms with Gasteiger partial charge in [-0.15, -0.1) is 0 Å². The first-order chi connectivity index (χ1) is 6.82. The molecule has 0 aliphatic rings. The minimum atomic E-state index is -0.0223. The van der Waals surface area contributed by atoms with Gasteiger partial charge in [-0.3, -0.25) is 0 Å². The zero-order valence-electron chi connectivity index (χ0n) is 10.6. The maximum atomic E-state index is 11.7. The lowest BCUT2D eigenvalue weighted by atomic mass is 9.85. The van der Waals surface area contributed by atoms with Gasteiger partial charge in [0.15, 0.2) is 0 Å². The lowest BCUT2D eigenvalue weighted by Gasteiger charge is -2.32. The summed E-state index contributed by atoms with van der Waals surface area (Å²) in [6, 6.07) is 0.106. The fourth-order valence-electron chi connectivity index (χ4n) is 1.29. The molecule has 0 bridgehead atoms. The van der Waals surface area contributed by atoms with E-state index >= 15 is 0 Å². The van der Waals surface area contributed by atoms with Crippen molar-refractivity contribution in [1.82, 2.24) is 10.2 Å². The summed E-state index contributed by atoms with van der Waals surface area (Å²) in [5, 5.41) is 3.02. The third-order valence-electron chi connectivity index (χ3n) is 2.62. The third-order valence-corrected chi connectivity index (χ3v) is 2.62. The summed E-state index contributed by atoms with van der Waals surface area (Å²) in [6.07, 6.45) is 0.812. The fourth-order valence-corrected chi connectivity index (χ4v) is 1.29. The first-order valence-corrected chi connectivity index (χ1v) is 5.54. The summed E-state index contributed by atoms with van der Waals surface area (Å²) >= 11 is 0. The van der Waals surface area contributed by atoms with Gasteiger partial charge < -0.3 is 16.0 Å². The normalized spacial score (nSPS) is 13.5. The Morgan fingerprint density at radius 2 is 2.00 bits per heavy atom. The van der Waals surface area contributed by atoms with Gasteiger partial charge in [0.1, 0.15) is 0 Å². The Bertz CT molecular complexity index is 198. The molecule has 0 aliphatic heterocycles. The highest BCUT2D eigenvalue weighted by atomic mass is 16.2. The number of hydrogen-bond donors (Lipinski definition) is 2. The molecule has 1 atom stereocenters. The van der Waals surface area contributed by atoms with Gasteiger partial charge in [-0.25, -0.2) is 4.79 Å². The number of carbonyl (C=O) groups is 1. The Labute approximate surface area is 93.2 Å². The molecular weight excluding hydrogens is 190 g/mol. The molecule has 0 saturated carbocycles. The lowest BCUT2D eigenvalue weighted by Crippen LogP contribution is -2.49. The van der Waals surface area contributed by atoms with E-state index in [-0.39, 0.29) is 17.5 Å². The van der Waals surface area contributed by atoms with Gasteiger partial charge in [-0.1, -0.05) is 20.8 Å². The van der Waals surface area contributed by atoms with Crippen molar-refractivity contribution in [3.63, 3.8) is 0 Å². The molecule has 90 valence electrons. The van der Waals surface area contributed by atoms with Crippen LogP contribution < -0.4 is 11.1 Å². The first-order valence-electron chi connectivity index (χ1n) is 5.54. The molecule has 0 heterocycles. The highest BCUT2D eigenvalue weighted by Crippen LogP contribution is 2.21. The van der Waals surface area contributed by atoms with Crippen molar-refractivity contribution in [2.24, 2.45) is 11.1 Å². The minimum Gasteiger partial charge on any atom is -0.335 e. The van der Waals surface area contributed by atoms with Crippen molar-refractivity contribution in [1.29, 1.82) is 0 Å². The maximum absolute atomic E-state index is 11.7. The summed E-state index contributed by atoms with van der Waals surface area (Å²) in [6.45, 7) is 9.59. The smallest absolute Gasteiger partial charge is 0.317 e. The molecule has 1 unspecified atom stereocenters. The number of rotatable bonds is 4. The van der Waals surface area contributed by atoms with E-state index in [4.69, 9.17) is 5.73 Å². The molecule has 0 aliphatic carbocycles. The highest BCUT2D eigenvalue weighted by molar-refractivity contribution is 5.74. The predicted molar refractivity (Wildman–Crippen MR) is 63.8 cm³/mol. The van der Waals surface area contributed by atoms with Crippen molar-refractivity contribution in [2.75, 3.05) is 20.1 Å². The van der Waals surface area contributed by atoms with E-state index in [1.165, 1.54) is 0 Å². The van der Waals surface area contributed by atoms with E-state index in [1.807, 2.05) is 6.92 Å². The molecule has 0 aromatic heterocycles. The van der Waals surface area contributed by atoms with Gasteiger partial charge in [-0.2, -0.15) is 0 Å². The molecule has 4 nitrogen and oxygen atoms in total. The van der Waals surface area contributed by atoms with Crippen LogP contribution in [0.25, 0.3) is 0 Å². The van der Waals surface area contributed by atoms with E-state index in [0.29, 0.717) is 13.1 Å². The monoisotopic (exact) mass is 215 g/mol. The van der Waals surface area contributed by atoms with E-state index in [0.717, 1.165) is 6.42 Å². The number of amides is 2. The first kappa shape index (κ1) is 14.2. The van der Waals surface area contributed by atoms with E-state index in [1.54, 1.807) is 11.9 Å². The van der Waals surface area contributed by atoms with Crippen molar-refractivity contribution < 1.29 is 4.79 Å². The molecule has 0 aromatic rings. The summed E-state index contributed by atoms with van der Waals surface area (Å²) in [5.74, 6) is 0. The molecule has 0 radical (unpaired) electrons. The average molecular weight is 215 g/mol. The molecule has 4 heteroatoms. The Hall–Kier alpha value is -0.770. The second-order valence-electron chi connectivity index (χ2n) is 4.96. The Morgan fingerprint density at radius 1 is 1.47 bits per heavy atom. The molecule has 0 spiro atoms. The van der Waals surface area contributed by atoms with Gasteiger partial charge in [0.05, 0.1) is 0 Å². The van der Waals surface area contributed by atoms with Crippen LogP contribution in [-0.2, 0) is 0 Å². The van der Waals surface area contributed by atoms with E-state index in [2.05, 4.69) is 26.1 Å². The largest absolute Gasteiger partial charge is 0.335 e. The number of nitrogens with two attached hydrogens (primary N) is 1. The van der Waals surface area contributed by atoms with Crippen molar-refractivity contribution in [3.8, 4) is 0 Å². The fraction of sp³-hybridized carbons (Fsp3) is 0.909. The summed E-state index contributed by atoms with van der Waals surface area (Å²) in [5.41, 5.74) is 5.59. The van der Waals surface area contributed by atoms with Gasteiger partial charge in [-0.05, 0) is 25.3 Å². The van der Waals surface area contributed by atoms with Crippen LogP contribution in [0.15, 0.2) is 0 Å².